The molecule has 0 amide bonds. The van der Waals surface area contributed by atoms with E-state index in [1.54, 1.807) is 7.11 Å². The molecule has 1 N–H and O–H groups in total. The average Bonchev–Trinajstić information content (AvgIpc) is 3.42. The lowest BCUT2D eigenvalue weighted by Crippen LogP contribution is -2.26. The van der Waals surface area contributed by atoms with Crippen molar-refractivity contribution in [3.63, 3.8) is 0 Å². The summed E-state index contributed by atoms with van der Waals surface area (Å²) in [6.07, 6.45) is 8.19. The van der Waals surface area contributed by atoms with Crippen molar-refractivity contribution in [2.75, 3.05) is 13.7 Å². The highest BCUT2D eigenvalue weighted by atomic mass is 16.5. The Bertz CT molecular complexity index is 1280. The van der Waals surface area contributed by atoms with Gasteiger partial charge in [0.15, 0.2) is 0 Å². The maximum atomic E-state index is 5.39. The second-order valence-electron chi connectivity index (χ2n) is 9.99. The molecule has 2 heterocycles. The van der Waals surface area contributed by atoms with Crippen LogP contribution in [0, 0.1) is 6.92 Å². The van der Waals surface area contributed by atoms with Crippen molar-refractivity contribution in [2.24, 2.45) is 0 Å². The molecule has 1 saturated heterocycles. The van der Waals surface area contributed by atoms with Crippen LogP contribution in [0.3, 0.4) is 0 Å². The second-order valence-corrected chi connectivity index (χ2v) is 9.99. The fourth-order valence-corrected chi connectivity index (χ4v) is 5.38. The molecule has 4 aromatic rings. The summed E-state index contributed by atoms with van der Waals surface area (Å²) in [6, 6.07) is 24.2. The highest BCUT2D eigenvalue weighted by Crippen LogP contribution is 2.32. The molecule has 1 unspecified atom stereocenters. The van der Waals surface area contributed by atoms with Crippen LogP contribution in [0.5, 0.6) is 5.75 Å². The third-order valence-corrected chi connectivity index (χ3v) is 7.54. The van der Waals surface area contributed by atoms with Gasteiger partial charge in [0.2, 0.25) is 0 Å². The molecule has 200 valence electrons. The van der Waals surface area contributed by atoms with Crippen LogP contribution >= 0.6 is 0 Å². The van der Waals surface area contributed by atoms with Gasteiger partial charge in [-0.1, -0.05) is 68.8 Å². The smallest absolute Gasteiger partial charge is 0.141 e. The number of imidazole rings is 1. The van der Waals surface area contributed by atoms with Gasteiger partial charge < -0.3 is 14.6 Å². The first kappa shape index (κ1) is 27.7. The number of ether oxygens (including phenoxy) is 1. The Kier molecular flexibility index (Phi) is 9.78. The molecule has 0 saturated carbocycles. The molecule has 1 atom stereocenters. The number of aryl methyl sites for hydroxylation is 4. The van der Waals surface area contributed by atoms with E-state index in [0.29, 0.717) is 6.04 Å². The van der Waals surface area contributed by atoms with Crippen LogP contribution in [0.4, 0.5) is 0 Å². The minimum absolute atomic E-state index is 0.611. The molecule has 1 aliphatic heterocycles. The van der Waals surface area contributed by atoms with Crippen LogP contribution in [0.2, 0.25) is 0 Å². The molecule has 5 rings (SSSR count). The lowest BCUT2D eigenvalue weighted by atomic mass is 9.97. The number of rotatable bonds is 7. The summed E-state index contributed by atoms with van der Waals surface area (Å²) in [6.45, 7) is 10.8. The van der Waals surface area contributed by atoms with Crippen LogP contribution in [0.25, 0.3) is 22.6 Å². The molecule has 1 aliphatic rings. The van der Waals surface area contributed by atoms with Crippen LogP contribution in [0.1, 0.15) is 68.3 Å². The van der Waals surface area contributed by atoms with Gasteiger partial charge in [-0.05, 0) is 86.5 Å². The van der Waals surface area contributed by atoms with Crippen molar-refractivity contribution in [1.82, 2.24) is 14.9 Å². The number of benzene rings is 3. The maximum Gasteiger partial charge on any atom is 0.141 e. The summed E-state index contributed by atoms with van der Waals surface area (Å²) in [4.78, 5) is 5.06. The Morgan fingerprint density at radius 3 is 2.24 bits per heavy atom. The van der Waals surface area contributed by atoms with E-state index < -0.39 is 0 Å². The molecule has 4 heteroatoms. The highest BCUT2D eigenvalue weighted by Gasteiger charge is 2.17. The molecule has 0 radical (unpaired) electrons. The zero-order valence-electron chi connectivity index (χ0n) is 23.8. The Morgan fingerprint density at radius 1 is 0.921 bits per heavy atom. The average molecular weight is 510 g/mol. The first-order valence-electron chi connectivity index (χ1n) is 14.2. The molecular weight excluding hydrogens is 466 g/mol. The predicted molar refractivity (Wildman–Crippen MR) is 160 cm³/mol. The van der Waals surface area contributed by atoms with Crippen molar-refractivity contribution in [3.8, 4) is 28.4 Å². The third kappa shape index (κ3) is 6.36. The fraction of sp³-hybridized carbons (Fsp3) is 0.382. The lowest BCUT2D eigenvalue weighted by Gasteiger charge is -2.23. The largest absolute Gasteiger partial charge is 0.496 e. The zero-order valence-corrected chi connectivity index (χ0v) is 23.8. The standard InChI is InChI=1S/C23H28N2O.C11H15N/c1-6-17-10-9-11-18(7-2)22(17)23-24-20(15-25(23)8-3)19-12-13-21(26-5)16(4)14-19;1-2-6-10(7-3-1)11-8-4-5-9-12-11/h9-15H,6-8H2,1-5H3;1-3,6-7,11-12H,4-5,8-9H2. The van der Waals surface area contributed by atoms with Crippen molar-refractivity contribution in [3.05, 3.63) is 95.2 Å². The normalized spacial score (nSPS) is 15.0. The van der Waals surface area contributed by atoms with Gasteiger partial charge in [-0.2, -0.15) is 0 Å². The SMILES string of the molecule is CCc1cccc(CC)c1-c1nc(-c2ccc(OC)c(C)c2)cn1CC.c1ccc(C2CCCCN2)cc1. The number of nitrogens with zero attached hydrogens (tertiary/aromatic N) is 2. The monoisotopic (exact) mass is 509 g/mol. The van der Waals surface area contributed by atoms with Gasteiger partial charge >= 0.3 is 0 Å². The van der Waals surface area contributed by atoms with Crippen LogP contribution in [0.15, 0.2) is 72.9 Å². The Hall–Kier alpha value is -3.37. The summed E-state index contributed by atoms with van der Waals surface area (Å²) < 4.78 is 7.66. The molecular formula is C34H43N3O. The van der Waals surface area contributed by atoms with Gasteiger partial charge in [-0.3, -0.25) is 0 Å². The van der Waals surface area contributed by atoms with Gasteiger partial charge in [0.1, 0.15) is 11.6 Å². The molecule has 0 aliphatic carbocycles. The van der Waals surface area contributed by atoms with Crippen molar-refractivity contribution in [1.29, 1.82) is 0 Å². The van der Waals surface area contributed by atoms with E-state index in [1.807, 2.05) is 6.07 Å². The maximum absolute atomic E-state index is 5.39. The van der Waals surface area contributed by atoms with E-state index >= 15 is 0 Å². The van der Waals surface area contributed by atoms with E-state index in [2.05, 4.69) is 104 Å². The quantitative estimate of drug-likeness (QED) is 0.273. The molecule has 38 heavy (non-hydrogen) atoms. The van der Waals surface area contributed by atoms with E-state index in [-0.39, 0.29) is 0 Å². The van der Waals surface area contributed by atoms with Crippen LogP contribution < -0.4 is 10.1 Å². The van der Waals surface area contributed by atoms with Gasteiger partial charge in [-0.25, -0.2) is 4.98 Å². The van der Waals surface area contributed by atoms with E-state index in [4.69, 9.17) is 9.72 Å². The van der Waals surface area contributed by atoms with Gasteiger partial charge in [0.05, 0.1) is 12.8 Å². The summed E-state index contributed by atoms with van der Waals surface area (Å²) >= 11 is 0. The lowest BCUT2D eigenvalue weighted by molar-refractivity contribution is 0.412. The number of hydrogen-bond donors (Lipinski definition) is 1. The Morgan fingerprint density at radius 2 is 1.66 bits per heavy atom. The van der Waals surface area contributed by atoms with Crippen molar-refractivity contribution >= 4 is 0 Å². The van der Waals surface area contributed by atoms with Crippen LogP contribution in [-0.2, 0) is 19.4 Å². The van der Waals surface area contributed by atoms with Crippen molar-refractivity contribution in [2.45, 2.75) is 72.4 Å². The molecule has 1 fully saturated rings. The number of methoxy groups -OCH3 is 1. The minimum Gasteiger partial charge on any atom is -0.496 e. The summed E-state index contributed by atoms with van der Waals surface area (Å²) in [5.74, 6) is 1.98. The number of hydrogen-bond acceptors (Lipinski definition) is 3. The molecule has 1 aromatic heterocycles. The number of nitrogens with one attached hydrogen (secondary N) is 1. The molecule has 4 nitrogen and oxygen atoms in total. The van der Waals surface area contributed by atoms with Crippen LogP contribution in [-0.4, -0.2) is 23.2 Å². The first-order chi connectivity index (χ1) is 18.6. The topological polar surface area (TPSA) is 39.1 Å². The zero-order chi connectivity index (χ0) is 26.9. The first-order valence-corrected chi connectivity index (χ1v) is 14.2. The highest BCUT2D eigenvalue weighted by molar-refractivity contribution is 5.70. The van der Waals surface area contributed by atoms with E-state index in [0.717, 1.165) is 47.8 Å². The Labute approximate surface area is 229 Å². The molecule has 0 spiro atoms. The van der Waals surface area contributed by atoms with Gasteiger partial charge in [0.25, 0.3) is 0 Å². The van der Waals surface area contributed by atoms with Crippen molar-refractivity contribution < 1.29 is 4.74 Å². The third-order valence-electron chi connectivity index (χ3n) is 7.54. The minimum atomic E-state index is 0.611. The molecule has 3 aromatic carbocycles. The number of piperidine rings is 1. The second kappa shape index (κ2) is 13.4. The van der Waals surface area contributed by atoms with E-state index in [9.17, 15) is 0 Å². The van der Waals surface area contributed by atoms with E-state index in [1.165, 1.54) is 48.1 Å². The summed E-state index contributed by atoms with van der Waals surface area (Å²) in [5.41, 5.74) is 8.74. The summed E-state index contributed by atoms with van der Waals surface area (Å²) in [7, 11) is 1.71. The predicted octanol–water partition coefficient (Wildman–Crippen LogP) is 8.18. The fourth-order valence-electron chi connectivity index (χ4n) is 5.38. The van der Waals surface area contributed by atoms with Gasteiger partial charge in [-0.15, -0.1) is 0 Å². The Balaban J connectivity index is 0.000000232. The molecule has 0 bridgehead atoms. The van der Waals surface area contributed by atoms with Gasteiger partial charge in [0, 0.05) is 29.9 Å². The summed E-state index contributed by atoms with van der Waals surface area (Å²) in [5, 5.41) is 3.54. The number of aromatic nitrogens is 2.